The minimum absolute atomic E-state index is 0.0432. The highest BCUT2D eigenvalue weighted by molar-refractivity contribution is 7.91. The fourth-order valence-corrected chi connectivity index (χ4v) is 5.28. The molecule has 0 radical (unpaired) electrons. The van der Waals surface area contributed by atoms with E-state index in [1.807, 2.05) is 38.3 Å². The molecule has 1 aromatic heterocycles. The molecule has 2 aromatic rings. The van der Waals surface area contributed by atoms with Gasteiger partial charge < -0.3 is 9.47 Å². The molecule has 1 aliphatic heterocycles. The van der Waals surface area contributed by atoms with Gasteiger partial charge in [-0.15, -0.1) is 0 Å². The lowest BCUT2D eigenvalue weighted by atomic mass is 10.1. The Morgan fingerprint density at radius 2 is 2.00 bits per heavy atom. The van der Waals surface area contributed by atoms with E-state index in [9.17, 15) is 13.2 Å². The number of carbonyl (C=O) groups excluding carboxylic acids is 1. The highest BCUT2D eigenvalue weighted by Gasteiger charge is 2.34. The first kappa shape index (κ1) is 18.9. The van der Waals surface area contributed by atoms with E-state index in [-0.39, 0.29) is 35.9 Å². The SMILES string of the molecule is Cc1cc2ncn(CC(=O)N(CC(C)C)[C@H]3CCS(=O)(=O)C3)c2cc1C. The van der Waals surface area contributed by atoms with Crippen LogP contribution in [0.25, 0.3) is 11.0 Å². The van der Waals surface area contributed by atoms with E-state index in [0.29, 0.717) is 13.0 Å². The van der Waals surface area contributed by atoms with Crippen LogP contribution in [0.5, 0.6) is 0 Å². The number of nitrogens with zero attached hydrogens (tertiary/aromatic N) is 3. The standard InChI is InChI=1S/C19H27N3O3S/c1-13(2)9-22(16-5-6-26(24,25)11-16)19(23)10-21-12-20-17-7-14(3)15(4)8-18(17)21/h7-8,12-13,16H,5-6,9-11H2,1-4H3/t16-/m0/s1. The summed E-state index contributed by atoms with van der Waals surface area (Å²) in [5, 5.41) is 0. The number of aromatic nitrogens is 2. The monoisotopic (exact) mass is 377 g/mol. The van der Waals surface area contributed by atoms with E-state index < -0.39 is 9.84 Å². The van der Waals surface area contributed by atoms with Crippen LogP contribution in [0.3, 0.4) is 0 Å². The molecule has 1 amide bonds. The number of benzene rings is 1. The molecule has 1 saturated heterocycles. The quantitative estimate of drug-likeness (QED) is 0.802. The van der Waals surface area contributed by atoms with Crippen LogP contribution in [0.4, 0.5) is 0 Å². The lowest BCUT2D eigenvalue weighted by molar-refractivity contribution is -0.134. The highest BCUT2D eigenvalue weighted by atomic mass is 32.2. The number of imidazole rings is 1. The molecular weight excluding hydrogens is 350 g/mol. The van der Waals surface area contributed by atoms with E-state index in [1.165, 1.54) is 5.56 Å². The molecule has 1 aromatic carbocycles. The molecule has 0 spiro atoms. The Bertz CT molecular complexity index is 931. The van der Waals surface area contributed by atoms with Crippen LogP contribution in [0.15, 0.2) is 18.5 Å². The van der Waals surface area contributed by atoms with Crippen molar-refractivity contribution in [3.05, 3.63) is 29.6 Å². The van der Waals surface area contributed by atoms with Crippen molar-refractivity contribution in [2.45, 2.75) is 46.7 Å². The van der Waals surface area contributed by atoms with Gasteiger partial charge in [0.05, 0.1) is 28.9 Å². The maximum absolute atomic E-state index is 13.0. The summed E-state index contributed by atoms with van der Waals surface area (Å²) in [5.74, 6) is 0.491. The number of carbonyl (C=O) groups is 1. The maximum atomic E-state index is 13.0. The third kappa shape index (κ3) is 3.92. The van der Waals surface area contributed by atoms with E-state index in [4.69, 9.17) is 0 Å². The summed E-state index contributed by atoms with van der Waals surface area (Å²) in [4.78, 5) is 19.2. The molecule has 26 heavy (non-hydrogen) atoms. The van der Waals surface area contributed by atoms with Gasteiger partial charge in [-0.3, -0.25) is 4.79 Å². The Hall–Kier alpha value is -1.89. The maximum Gasteiger partial charge on any atom is 0.242 e. The first-order valence-electron chi connectivity index (χ1n) is 9.08. The van der Waals surface area contributed by atoms with Gasteiger partial charge in [0.25, 0.3) is 0 Å². The topological polar surface area (TPSA) is 72.3 Å². The zero-order valence-electron chi connectivity index (χ0n) is 15.9. The molecule has 7 heteroatoms. The fourth-order valence-electron chi connectivity index (χ4n) is 3.54. The summed E-state index contributed by atoms with van der Waals surface area (Å²) in [7, 11) is -3.03. The Labute approximate surface area is 155 Å². The molecular formula is C19H27N3O3S. The number of aryl methyl sites for hydroxylation is 2. The second-order valence-corrected chi connectivity index (χ2v) is 10.0. The van der Waals surface area contributed by atoms with Gasteiger partial charge in [-0.25, -0.2) is 13.4 Å². The molecule has 0 N–H and O–H groups in total. The summed E-state index contributed by atoms with van der Waals surface area (Å²) >= 11 is 0. The normalized spacial score (nSPS) is 19.3. The summed E-state index contributed by atoms with van der Waals surface area (Å²) < 4.78 is 25.6. The smallest absolute Gasteiger partial charge is 0.242 e. The lowest BCUT2D eigenvalue weighted by Crippen LogP contribution is -2.44. The van der Waals surface area contributed by atoms with E-state index in [1.54, 1.807) is 11.2 Å². The molecule has 3 rings (SSSR count). The molecule has 1 aliphatic rings. The second-order valence-electron chi connectivity index (χ2n) is 7.79. The van der Waals surface area contributed by atoms with E-state index >= 15 is 0 Å². The van der Waals surface area contributed by atoms with Crippen molar-refractivity contribution in [2.75, 3.05) is 18.1 Å². The molecule has 0 aliphatic carbocycles. The second kappa shape index (κ2) is 7.02. The number of hydrogen-bond acceptors (Lipinski definition) is 4. The van der Waals surface area contributed by atoms with Gasteiger partial charge in [0.2, 0.25) is 5.91 Å². The largest absolute Gasteiger partial charge is 0.337 e. The van der Waals surface area contributed by atoms with Crippen LogP contribution in [-0.4, -0.2) is 52.9 Å². The molecule has 1 fully saturated rings. The summed E-state index contributed by atoms with van der Waals surface area (Å²) in [6, 6.07) is 3.87. The minimum atomic E-state index is -3.03. The van der Waals surface area contributed by atoms with Crippen molar-refractivity contribution in [1.82, 2.24) is 14.5 Å². The van der Waals surface area contributed by atoms with Gasteiger partial charge in [0, 0.05) is 12.6 Å². The number of fused-ring (bicyclic) bond motifs is 1. The number of amides is 1. The van der Waals surface area contributed by atoms with Gasteiger partial charge in [-0.2, -0.15) is 0 Å². The third-order valence-corrected chi connectivity index (χ3v) is 6.82. The summed E-state index contributed by atoms with van der Waals surface area (Å²) in [6.45, 7) is 8.93. The molecule has 1 atom stereocenters. The number of hydrogen-bond donors (Lipinski definition) is 0. The minimum Gasteiger partial charge on any atom is -0.337 e. The zero-order chi connectivity index (χ0) is 19.1. The van der Waals surface area contributed by atoms with Crippen molar-refractivity contribution in [3.63, 3.8) is 0 Å². The zero-order valence-corrected chi connectivity index (χ0v) is 16.7. The van der Waals surface area contributed by atoms with Crippen LogP contribution in [0, 0.1) is 19.8 Å². The first-order valence-corrected chi connectivity index (χ1v) is 10.9. The molecule has 0 saturated carbocycles. The van der Waals surface area contributed by atoms with Gasteiger partial charge in [0.15, 0.2) is 9.84 Å². The predicted octanol–water partition coefficient (Wildman–Crippen LogP) is 2.32. The molecule has 6 nitrogen and oxygen atoms in total. The van der Waals surface area contributed by atoms with Gasteiger partial charge in [0.1, 0.15) is 6.54 Å². The van der Waals surface area contributed by atoms with Crippen molar-refractivity contribution in [1.29, 1.82) is 0 Å². The number of sulfone groups is 1. The fraction of sp³-hybridized carbons (Fsp3) is 0.579. The van der Waals surface area contributed by atoms with Gasteiger partial charge in [-0.05, 0) is 49.4 Å². The van der Waals surface area contributed by atoms with Crippen LogP contribution in [0.2, 0.25) is 0 Å². The highest BCUT2D eigenvalue weighted by Crippen LogP contribution is 2.22. The average Bonchev–Trinajstić information content (AvgIpc) is 3.09. The molecule has 142 valence electrons. The Balaban J connectivity index is 1.85. The predicted molar refractivity (Wildman–Crippen MR) is 103 cm³/mol. The van der Waals surface area contributed by atoms with Crippen molar-refractivity contribution in [2.24, 2.45) is 5.92 Å². The van der Waals surface area contributed by atoms with Crippen LogP contribution in [-0.2, 0) is 21.2 Å². The molecule has 2 heterocycles. The summed E-state index contributed by atoms with van der Waals surface area (Å²) in [5.41, 5.74) is 4.14. The van der Waals surface area contributed by atoms with Crippen LogP contribution < -0.4 is 0 Å². The molecule has 0 bridgehead atoms. The average molecular weight is 378 g/mol. The van der Waals surface area contributed by atoms with Crippen molar-refractivity contribution >= 4 is 26.8 Å². The lowest BCUT2D eigenvalue weighted by Gasteiger charge is -2.30. The summed E-state index contributed by atoms with van der Waals surface area (Å²) in [6.07, 6.45) is 2.23. The van der Waals surface area contributed by atoms with E-state index in [2.05, 4.69) is 11.1 Å². The third-order valence-electron chi connectivity index (χ3n) is 5.07. The number of rotatable bonds is 5. The van der Waals surface area contributed by atoms with E-state index in [0.717, 1.165) is 16.6 Å². The Kier molecular flexibility index (Phi) is 5.10. The Morgan fingerprint density at radius 3 is 2.62 bits per heavy atom. The van der Waals surface area contributed by atoms with Crippen molar-refractivity contribution < 1.29 is 13.2 Å². The van der Waals surface area contributed by atoms with Crippen molar-refractivity contribution in [3.8, 4) is 0 Å². The molecule has 0 unspecified atom stereocenters. The van der Waals surface area contributed by atoms with Crippen LogP contribution >= 0.6 is 0 Å². The van der Waals surface area contributed by atoms with Gasteiger partial charge >= 0.3 is 0 Å². The first-order chi connectivity index (χ1) is 12.2. The van der Waals surface area contributed by atoms with Gasteiger partial charge in [-0.1, -0.05) is 13.8 Å². The van der Waals surface area contributed by atoms with Crippen LogP contribution in [0.1, 0.15) is 31.4 Å². The Morgan fingerprint density at radius 1 is 1.31 bits per heavy atom.